The van der Waals surface area contributed by atoms with Gasteiger partial charge in [-0.3, -0.25) is 4.98 Å². The molecule has 0 amide bonds. The molecule has 84 valence electrons. The Morgan fingerprint density at radius 1 is 1.38 bits per heavy atom. The van der Waals surface area contributed by atoms with E-state index in [0.29, 0.717) is 10.7 Å². The predicted molar refractivity (Wildman–Crippen MR) is 68.5 cm³/mol. The van der Waals surface area contributed by atoms with Crippen LogP contribution in [0.3, 0.4) is 0 Å². The van der Waals surface area contributed by atoms with Crippen LogP contribution in [-0.2, 0) is 13.1 Å². The Morgan fingerprint density at radius 2 is 2.25 bits per heavy atom. The Kier molecular flexibility index (Phi) is 3.77. The lowest BCUT2D eigenvalue weighted by Crippen LogP contribution is -2.11. The summed E-state index contributed by atoms with van der Waals surface area (Å²) in [6.45, 7) is 1.60. The molecular weight excluding hydrogens is 242 g/mol. The van der Waals surface area contributed by atoms with Crippen LogP contribution in [0.5, 0.6) is 0 Å². The second-order valence-corrected chi connectivity index (χ2v) is 4.81. The lowest BCUT2D eigenvalue weighted by atomic mass is 10.2. The Morgan fingerprint density at radius 3 is 2.94 bits per heavy atom. The number of nitrogens with one attached hydrogen (secondary N) is 1. The number of rotatable bonds is 4. The van der Waals surface area contributed by atoms with Gasteiger partial charge < -0.3 is 11.1 Å². The standard InChI is InChI=1S/C11H12ClN3S/c12-10-3-8(1-2-11(10)13)4-14-5-9-6-15-7-16-9/h1-3,6-7,14H,4-5,13H2. The van der Waals surface area contributed by atoms with Crippen LogP contribution in [0.15, 0.2) is 29.9 Å². The number of benzene rings is 1. The topological polar surface area (TPSA) is 50.9 Å². The zero-order chi connectivity index (χ0) is 11.4. The van der Waals surface area contributed by atoms with Gasteiger partial charge in [-0.2, -0.15) is 0 Å². The summed E-state index contributed by atoms with van der Waals surface area (Å²) in [7, 11) is 0. The fourth-order valence-electron chi connectivity index (χ4n) is 1.34. The number of nitrogens with zero attached hydrogens (tertiary/aromatic N) is 1. The van der Waals surface area contributed by atoms with Gasteiger partial charge in [0.1, 0.15) is 0 Å². The Bertz CT molecular complexity index is 456. The van der Waals surface area contributed by atoms with E-state index < -0.39 is 0 Å². The third-order valence-electron chi connectivity index (χ3n) is 2.18. The maximum atomic E-state index is 5.93. The Balaban J connectivity index is 1.87. The molecule has 16 heavy (non-hydrogen) atoms. The predicted octanol–water partition coefficient (Wildman–Crippen LogP) is 2.67. The first-order valence-corrected chi connectivity index (χ1v) is 6.13. The first-order chi connectivity index (χ1) is 7.75. The molecular formula is C11H12ClN3S. The van der Waals surface area contributed by atoms with Crippen molar-refractivity contribution in [3.8, 4) is 0 Å². The van der Waals surface area contributed by atoms with E-state index in [-0.39, 0.29) is 0 Å². The van der Waals surface area contributed by atoms with E-state index in [2.05, 4.69) is 10.3 Å². The van der Waals surface area contributed by atoms with Crippen LogP contribution >= 0.6 is 22.9 Å². The monoisotopic (exact) mass is 253 g/mol. The van der Waals surface area contributed by atoms with Gasteiger partial charge in [-0.05, 0) is 17.7 Å². The molecule has 0 unspecified atom stereocenters. The highest BCUT2D eigenvalue weighted by Crippen LogP contribution is 2.19. The molecule has 3 N–H and O–H groups in total. The first kappa shape index (κ1) is 11.4. The fraction of sp³-hybridized carbons (Fsp3) is 0.182. The van der Waals surface area contributed by atoms with E-state index >= 15 is 0 Å². The molecule has 0 aliphatic heterocycles. The van der Waals surface area contributed by atoms with Crippen LogP contribution < -0.4 is 11.1 Å². The van der Waals surface area contributed by atoms with Gasteiger partial charge in [0, 0.05) is 24.2 Å². The quantitative estimate of drug-likeness (QED) is 0.824. The third-order valence-corrected chi connectivity index (χ3v) is 3.28. The summed E-state index contributed by atoms with van der Waals surface area (Å²) in [6.07, 6.45) is 1.87. The van der Waals surface area contributed by atoms with Crippen LogP contribution in [0.2, 0.25) is 5.02 Å². The average Bonchev–Trinajstić information content (AvgIpc) is 2.76. The number of halogens is 1. The molecule has 5 heteroatoms. The molecule has 0 radical (unpaired) electrons. The van der Waals surface area contributed by atoms with Gasteiger partial charge in [-0.25, -0.2) is 0 Å². The smallest absolute Gasteiger partial charge is 0.0794 e. The van der Waals surface area contributed by atoms with Crippen LogP contribution in [0.25, 0.3) is 0 Å². The van der Waals surface area contributed by atoms with E-state index in [1.165, 1.54) is 4.88 Å². The highest BCUT2D eigenvalue weighted by Gasteiger charge is 1.99. The van der Waals surface area contributed by atoms with E-state index in [1.807, 2.05) is 29.9 Å². The molecule has 1 heterocycles. The largest absolute Gasteiger partial charge is 0.398 e. The van der Waals surface area contributed by atoms with Gasteiger partial charge in [0.05, 0.1) is 16.2 Å². The molecule has 1 aromatic carbocycles. The minimum absolute atomic E-state index is 0.608. The minimum atomic E-state index is 0.608. The maximum absolute atomic E-state index is 5.93. The summed E-state index contributed by atoms with van der Waals surface area (Å²) in [5.74, 6) is 0. The number of hydrogen-bond acceptors (Lipinski definition) is 4. The molecule has 1 aromatic heterocycles. The van der Waals surface area contributed by atoms with Gasteiger partial charge in [0.15, 0.2) is 0 Å². The van der Waals surface area contributed by atoms with Gasteiger partial charge >= 0.3 is 0 Å². The normalized spacial score (nSPS) is 10.6. The summed E-state index contributed by atoms with van der Waals surface area (Å²) < 4.78 is 0. The third kappa shape index (κ3) is 2.95. The molecule has 2 aromatic rings. The van der Waals surface area contributed by atoms with Crippen molar-refractivity contribution in [1.29, 1.82) is 0 Å². The van der Waals surface area contributed by atoms with Crippen molar-refractivity contribution in [3.63, 3.8) is 0 Å². The molecule has 0 atom stereocenters. The zero-order valence-electron chi connectivity index (χ0n) is 8.61. The fourth-order valence-corrected chi connectivity index (χ4v) is 2.11. The molecule has 2 rings (SSSR count). The van der Waals surface area contributed by atoms with Gasteiger partial charge in [-0.15, -0.1) is 11.3 Å². The van der Waals surface area contributed by atoms with Crippen molar-refractivity contribution >= 4 is 28.6 Å². The lowest BCUT2D eigenvalue weighted by Gasteiger charge is -2.05. The van der Waals surface area contributed by atoms with Gasteiger partial charge in [0.25, 0.3) is 0 Å². The van der Waals surface area contributed by atoms with Gasteiger partial charge in [0.2, 0.25) is 0 Å². The molecule has 0 spiro atoms. The first-order valence-electron chi connectivity index (χ1n) is 4.87. The molecule has 0 aliphatic rings. The highest BCUT2D eigenvalue weighted by molar-refractivity contribution is 7.09. The minimum Gasteiger partial charge on any atom is -0.398 e. The molecule has 0 fully saturated rings. The van der Waals surface area contributed by atoms with Crippen molar-refractivity contribution in [3.05, 3.63) is 45.4 Å². The SMILES string of the molecule is Nc1ccc(CNCc2cncs2)cc1Cl. The summed E-state index contributed by atoms with van der Waals surface area (Å²) in [6, 6.07) is 5.68. The number of aromatic nitrogens is 1. The number of nitrogens with two attached hydrogens (primary N) is 1. The second kappa shape index (κ2) is 5.30. The van der Waals surface area contributed by atoms with Gasteiger partial charge in [-0.1, -0.05) is 17.7 Å². The van der Waals surface area contributed by atoms with Crippen LogP contribution in [0, 0.1) is 0 Å². The summed E-state index contributed by atoms with van der Waals surface area (Å²) in [4.78, 5) is 5.24. The number of thiazole rings is 1. The van der Waals surface area contributed by atoms with Crippen molar-refractivity contribution in [2.45, 2.75) is 13.1 Å². The van der Waals surface area contributed by atoms with E-state index in [1.54, 1.807) is 11.3 Å². The molecule has 3 nitrogen and oxygen atoms in total. The summed E-state index contributed by atoms with van der Waals surface area (Å²) in [5, 5.41) is 3.93. The van der Waals surface area contributed by atoms with E-state index in [9.17, 15) is 0 Å². The Labute approximate surface area is 103 Å². The highest BCUT2D eigenvalue weighted by atomic mass is 35.5. The number of hydrogen-bond donors (Lipinski definition) is 2. The summed E-state index contributed by atoms with van der Waals surface area (Å²) in [5.41, 5.74) is 9.21. The number of anilines is 1. The van der Waals surface area contributed by atoms with Crippen LogP contribution in [-0.4, -0.2) is 4.98 Å². The Hall–Kier alpha value is -1.10. The zero-order valence-corrected chi connectivity index (χ0v) is 10.2. The van der Waals surface area contributed by atoms with E-state index in [0.717, 1.165) is 18.7 Å². The molecule has 0 saturated carbocycles. The van der Waals surface area contributed by atoms with Crippen molar-refractivity contribution in [2.75, 3.05) is 5.73 Å². The molecule has 0 bridgehead atoms. The second-order valence-electron chi connectivity index (χ2n) is 3.43. The maximum Gasteiger partial charge on any atom is 0.0794 e. The molecule has 0 saturated heterocycles. The number of nitrogen functional groups attached to an aromatic ring is 1. The summed E-state index contributed by atoms with van der Waals surface area (Å²) >= 11 is 7.58. The van der Waals surface area contributed by atoms with Crippen LogP contribution in [0.1, 0.15) is 10.4 Å². The average molecular weight is 254 g/mol. The van der Waals surface area contributed by atoms with Crippen LogP contribution in [0.4, 0.5) is 5.69 Å². The van der Waals surface area contributed by atoms with Crippen molar-refractivity contribution in [1.82, 2.24) is 10.3 Å². The lowest BCUT2D eigenvalue weighted by molar-refractivity contribution is 0.700. The van der Waals surface area contributed by atoms with E-state index in [4.69, 9.17) is 17.3 Å². The van der Waals surface area contributed by atoms with Crippen molar-refractivity contribution < 1.29 is 0 Å². The van der Waals surface area contributed by atoms with Crippen molar-refractivity contribution in [2.24, 2.45) is 0 Å². The molecule has 0 aliphatic carbocycles.